The number of Topliss-reactive ketones (excluding diaryl/α,β-unsaturated/α-hetero) is 1. The van der Waals surface area contributed by atoms with Crippen molar-refractivity contribution in [1.29, 1.82) is 0 Å². The van der Waals surface area contributed by atoms with Crippen LogP contribution < -0.4 is 9.47 Å². The molecule has 1 saturated heterocycles. The van der Waals surface area contributed by atoms with Gasteiger partial charge in [-0.2, -0.15) is 5.10 Å². The number of hydrogen-bond acceptors (Lipinski definition) is 7. The van der Waals surface area contributed by atoms with Gasteiger partial charge in [-0.3, -0.25) is 9.69 Å². The summed E-state index contributed by atoms with van der Waals surface area (Å²) >= 11 is 0. The van der Waals surface area contributed by atoms with Crippen LogP contribution in [0.3, 0.4) is 0 Å². The third-order valence-corrected chi connectivity index (χ3v) is 7.57. The lowest BCUT2D eigenvalue weighted by Crippen LogP contribution is -2.38. The number of nitrogens with zero attached hydrogens (tertiary/aromatic N) is 4. The fourth-order valence-corrected chi connectivity index (χ4v) is 5.43. The zero-order chi connectivity index (χ0) is 30.1. The van der Waals surface area contributed by atoms with E-state index in [2.05, 4.69) is 21.6 Å². The van der Waals surface area contributed by atoms with E-state index in [0.717, 1.165) is 56.1 Å². The first-order valence-corrected chi connectivity index (χ1v) is 14.7. The minimum Gasteiger partial charge on any atom is -0.496 e. The van der Waals surface area contributed by atoms with Gasteiger partial charge in [-0.05, 0) is 36.5 Å². The third kappa shape index (κ3) is 8.13. The molecule has 0 bridgehead atoms. The van der Waals surface area contributed by atoms with Crippen molar-refractivity contribution in [1.82, 2.24) is 19.5 Å². The topological polar surface area (TPSA) is 78.2 Å². The molecule has 3 aromatic rings. The van der Waals surface area contributed by atoms with Crippen LogP contribution in [0.4, 0.5) is 8.78 Å². The van der Waals surface area contributed by atoms with Crippen molar-refractivity contribution in [2.45, 2.75) is 58.3 Å². The van der Waals surface area contributed by atoms with Gasteiger partial charge in [0.25, 0.3) is 5.92 Å². The average Bonchev–Trinajstić information content (AvgIpc) is 3.39. The minimum atomic E-state index is -2.81. The maximum Gasteiger partial charge on any atom is 0.251 e. The quantitative estimate of drug-likeness (QED) is 0.145. The first kappa shape index (κ1) is 31.6. The minimum absolute atomic E-state index is 0.101. The van der Waals surface area contributed by atoms with E-state index in [9.17, 15) is 13.6 Å². The smallest absolute Gasteiger partial charge is 0.251 e. The van der Waals surface area contributed by atoms with Crippen molar-refractivity contribution < 1.29 is 27.8 Å². The summed E-state index contributed by atoms with van der Waals surface area (Å²) in [7, 11) is 1.54. The van der Waals surface area contributed by atoms with Crippen LogP contribution in [0, 0.1) is 5.92 Å². The van der Waals surface area contributed by atoms with Crippen LogP contribution in [0.15, 0.2) is 43.2 Å². The summed E-state index contributed by atoms with van der Waals surface area (Å²) in [5, 5.41) is 4.58. The largest absolute Gasteiger partial charge is 0.496 e. The van der Waals surface area contributed by atoms with Crippen LogP contribution >= 0.6 is 0 Å². The number of allylic oxidation sites excluding steroid dienone is 1. The summed E-state index contributed by atoms with van der Waals surface area (Å²) in [6.07, 6.45) is 6.07. The average molecular weight is 585 g/mol. The highest BCUT2D eigenvalue weighted by Gasteiger charge is 2.30. The molecule has 42 heavy (non-hydrogen) atoms. The van der Waals surface area contributed by atoms with E-state index in [4.69, 9.17) is 14.2 Å². The maximum atomic E-state index is 14.0. The second-order valence-electron chi connectivity index (χ2n) is 11.0. The molecule has 0 aliphatic carbocycles. The molecule has 1 fully saturated rings. The maximum absolute atomic E-state index is 14.0. The van der Waals surface area contributed by atoms with Gasteiger partial charge in [-0.1, -0.05) is 26.3 Å². The van der Waals surface area contributed by atoms with Crippen molar-refractivity contribution >= 4 is 11.4 Å². The van der Waals surface area contributed by atoms with Crippen molar-refractivity contribution in [3.05, 3.63) is 54.4 Å². The Morgan fingerprint density at radius 3 is 2.74 bits per heavy atom. The molecule has 8 nitrogen and oxygen atoms in total. The zero-order valence-corrected chi connectivity index (χ0v) is 24.9. The summed E-state index contributed by atoms with van der Waals surface area (Å²) in [6, 6.07) is 5.67. The highest BCUT2D eigenvalue weighted by molar-refractivity contribution is 6.01. The SMILES string of the molecule is C=CCC(F)(F)CC(C)CCC(=O)c1c(CCC)cc(-c2cnc3cc(OCCN4CCOCC4)cnn23)cc1OC. The van der Waals surface area contributed by atoms with Gasteiger partial charge in [-0.15, -0.1) is 6.58 Å². The van der Waals surface area contributed by atoms with Crippen LogP contribution in [-0.2, 0) is 11.2 Å². The molecule has 228 valence electrons. The van der Waals surface area contributed by atoms with E-state index in [1.165, 1.54) is 13.2 Å². The normalized spacial score (nSPS) is 15.1. The van der Waals surface area contributed by atoms with Gasteiger partial charge in [0.05, 0.1) is 44.0 Å². The molecule has 2 aromatic heterocycles. The Balaban J connectivity index is 1.50. The fraction of sp³-hybridized carbons (Fsp3) is 0.531. The Labute approximate surface area is 246 Å². The molecule has 1 aromatic carbocycles. The lowest BCUT2D eigenvalue weighted by molar-refractivity contribution is -0.0187. The fourth-order valence-electron chi connectivity index (χ4n) is 5.43. The number of ketones is 1. The predicted molar refractivity (Wildman–Crippen MR) is 159 cm³/mol. The van der Waals surface area contributed by atoms with Crippen molar-refractivity contribution in [3.63, 3.8) is 0 Å². The van der Waals surface area contributed by atoms with Gasteiger partial charge in [0.1, 0.15) is 18.1 Å². The summed E-state index contributed by atoms with van der Waals surface area (Å²) < 4.78 is 46.9. The number of alkyl halides is 2. The molecule has 1 atom stereocenters. The van der Waals surface area contributed by atoms with Crippen molar-refractivity contribution in [3.8, 4) is 22.8 Å². The molecule has 3 heterocycles. The van der Waals surface area contributed by atoms with Gasteiger partial charge >= 0.3 is 0 Å². The standard InChI is InChI=1S/C32H42F2N4O4/c1-5-7-24-17-25(18-29(40-4)31(24)28(39)9-8-23(3)20-32(33,34)10-6-2)27-22-35-30-19-26(21-36-38(27)30)42-16-13-37-11-14-41-15-12-37/h6,17-19,21-23H,2,5,7-16,20H2,1,3-4H3. The number of aromatic nitrogens is 3. The molecule has 0 radical (unpaired) electrons. The molecule has 0 N–H and O–H groups in total. The number of carbonyl (C=O) groups excluding carboxylic acids is 1. The summed E-state index contributed by atoms with van der Waals surface area (Å²) in [4.78, 5) is 20.3. The Morgan fingerprint density at radius 1 is 1.24 bits per heavy atom. The van der Waals surface area contributed by atoms with Gasteiger partial charge in [-0.25, -0.2) is 18.3 Å². The van der Waals surface area contributed by atoms with Crippen LogP contribution in [0.25, 0.3) is 16.9 Å². The number of ether oxygens (including phenoxy) is 3. The number of benzene rings is 1. The Bertz CT molecular complexity index is 1350. The lowest BCUT2D eigenvalue weighted by atomic mass is 9.90. The zero-order valence-electron chi connectivity index (χ0n) is 24.9. The second kappa shape index (κ2) is 14.7. The monoisotopic (exact) mass is 584 g/mol. The van der Waals surface area contributed by atoms with Gasteiger partial charge < -0.3 is 14.2 Å². The summed E-state index contributed by atoms with van der Waals surface area (Å²) in [6.45, 7) is 11.9. The number of halogens is 2. The number of methoxy groups -OCH3 is 1. The van der Waals surface area contributed by atoms with E-state index in [1.54, 1.807) is 23.8 Å². The van der Waals surface area contributed by atoms with Gasteiger partial charge in [0.15, 0.2) is 11.4 Å². The van der Waals surface area contributed by atoms with E-state index in [-0.39, 0.29) is 31.0 Å². The van der Waals surface area contributed by atoms with Crippen LogP contribution in [0.5, 0.6) is 11.5 Å². The number of hydrogen-bond donors (Lipinski definition) is 0. The van der Waals surface area contributed by atoms with Gasteiger partial charge in [0, 0.05) is 50.5 Å². The van der Waals surface area contributed by atoms with Crippen LogP contribution in [0.2, 0.25) is 0 Å². The molecule has 1 aliphatic rings. The highest BCUT2D eigenvalue weighted by Crippen LogP contribution is 2.34. The Hall–Kier alpha value is -3.37. The molecule has 4 rings (SSSR count). The van der Waals surface area contributed by atoms with E-state index in [0.29, 0.717) is 42.2 Å². The number of rotatable bonds is 16. The van der Waals surface area contributed by atoms with Crippen molar-refractivity contribution in [2.75, 3.05) is 46.6 Å². The Morgan fingerprint density at radius 2 is 2.02 bits per heavy atom. The van der Waals surface area contributed by atoms with E-state index in [1.807, 2.05) is 25.1 Å². The first-order valence-electron chi connectivity index (χ1n) is 14.7. The Kier molecular flexibility index (Phi) is 11.0. The van der Waals surface area contributed by atoms with E-state index >= 15 is 0 Å². The highest BCUT2D eigenvalue weighted by atomic mass is 19.3. The molecular formula is C32H42F2N4O4. The third-order valence-electron chi connectivity index (χ3n) is 7.57. The van der Waals surface area contributed by atoms with Crippen molar-refractivity contribution in [2.24, 2.45) is 5.92 Å². The van der Waals surface area contributed by atoms with Gasteiger partial charge in [0.2, 0.25) is 0 Å². The van der Waals surface area contributed by atoms with E-state index < -0.39 is 5.92 Å². The molecule has 10 heteroatoms. The molecule has 0 spiro atoms. The molecule has 1 aliphatic heterocycles. The molecule has 1 unspecified atom stereocenters. The summed E-state index contributed by atoms with van der Waals surface area (Å²) in [5.41, 5.74) is 3.61. The first-order chi connectivity index (χ1) is 20.2. The molecular weight excluding hydrogens is 542 g/mol. The number of morpholine rings is 1. The number of aryl methyl sites for hydroxylation is 1. The molecule has 0 amide bonds. The number of carbonyl (C=O) groups is 1. The molecule has 0 saturated carbocycles. The summed E-state index contributed by atoms with van der Waals surface area (Å²) in [5.74, 6) is -2.11. The van der Waals surface area contributed by atoms with Crippen LogP contribution in [0.1, 0.15) is 61.9 Å². The number of fused-ring (bicyclic) bond motifs is 1. The predicted octanol–water partition coefficient (Wildman–Crippen LogP) is 6.27. The second-order valence-corrected chi connectivity index (χ2v) is 11.0. The van der Waals surface area contributed by atoms with Crippen LogP contribution in [-0.4, -0.2) is 77.8 Å². The lowest BCUT2D eigenvalue weighted by Gasteiger charge is -2.26. The number of imidazole rings is 1.